The number of anilines is 1. The maximum atomic E-state index is 5.40. The zero-order valence-electron chi connectivity index (χ0n) is 12.2. The van der Waals surface area contributed by atoms with Crippen LogP contribution >= 0.6 is 0 Å². The van der Waals surface area contributed by atoms with E-state index in [0.29, 0.717) is 12.4 Å². The van der Waals surface area contributed by atoms with E-state index in [0.717, 1.165) is 22.1 Å². The fourth-order valence-corrected chi connectivity index (χ4v) is 2.10. The molecule has 0 saturated heterocycles. The van der Waals surface area contributed by atoms with Crippen molar-refractivity contribution in [1.82, 2.24) is 10.2 Å². The van der Waals surface area contributed by atoms with Crippen molar-refractivity contribution in [2.45, 2.75) is 6.92 Å². The van der Waals surface area contributed by atoms with Crippen LogP contribution in [0.25, 0.3) is 10.8 Å². The quantitative estimate of drug-likeness (QED) is 0.578. The third-order valence-electron chi connectivity index (χ3n) is 3.15. The van der Waals surface area contributed by atoms with Crippen LogP contribution in [0.3, 0.4) is 0 Å². The van der Waals surface area contributed by atoms with Gasteiger partial charge in [0.15, 0.2) is 5.82 Å². The summed E-state index contributed by atoms with van der Waals surface area (Å²) >= 11 is 0. The number of rotatable bonds is 5. The van der Waals surface area contributed by atoms with Crippen LogP contribution in [0.2, 0.25) is 0 Å². The van der Waals surface area contributed by atoms with E-state index in [1.54, 1.807) is 12.4 Å². The van der Waals surface area contributed by atoms with Crippen LogP contribution in [-0.2, 0) is 0 Å². The molecule has 5 heteroatoms. The van der Waals surface area contributed by atoms with Gasteiger partial charge in [0.05, 0.1) is 19.0 Å². The molecule has 0 bridgehead atoms. The molecule has 1 aromatic heterocycles. The van der Waals surface area contributed by atoms with Crippen molar-refractivity contribution < 1.29 is 4.74 Å². The molecule has 1 N–H and O–H groups in total. The lowest BCUT2D eigenvalue weighted by atomic mass is 10.2. The normalized spacial score (nSPS) is 11.0. The molecule has 0 atom stereocenters. The van der Waals surface area contributed by atoms with Gasteiger partial charge in [0.25, 0.3) is 0 Å². The Morgan fingerprint density at radius 3 is 2.77 bits per heavy atom. The third-order valence-corrected chi connectivity index (χ3v) is 3.15. The SMILES string of the molecule is CCOc1ccc(/C=N/Nc2nncc3ccccc23)cc1. The summed E-state index contributed by atoms with van der Waals surface area (Å²) in [7, 11) is 0. The highest BCUT2D eigenvalue weighted by Gasteiger charge is 2.00. The first-order valence-corrected chi connectivity index (χ1v) is 7.09. The third kappa shape index (κ3) is 3.20. The Labute approximate surface area is 128 Å². The Balaban J connectivity index is 1.73. The molecule has 0 aliphatic carbocycles. The first kappa shape index (κ1) is 14.0. The first-order valence-electron chi connectivity index (χ1n) is 7.09. The minimum Gasteiger partial charge on any atom is -0.494 e. The summed E-state index contributed by atoms with van der Waals surface area (Å²) < 4.78 is 5.40. The topological polar surface area (TPSA) is 59.4 Å². The largest absolute Gasteiger partial charge is 0.494 e. The minimum absolute atomic E-state index is 0.639. The second-order valence-corrected chi connectivity index (χ2v) is 4.65. The molecule has 1 heterocycles. The van der Waals surface area contributed by atoms with E-state index in [2.05, 4.69) is 20.7 Å². The van der Waals surface area contributed by atoms with Crippen LogP contribution in [0.4, 0.5) is 5.82 Å². The number of aromatic nitrogens is 2. The fraction of sp³-hybridized carbons (Fsp3) is 0.118. The molecule has 0 spiro atoms. The molecule has 110 valence electrons. The van der Waals surface area contributed by atoms with Crippen molar-refractivity contribution in [2.24, 2.45) is 5.10 Å². The van der Waals surface area contributed by atoms with Crippen LogP contribution in [0.5, 0.6) is 5.75 Å². The van der Waals surface area contributed by atoms with Gasteiger partial charge in [0.2, 0.25) is 0 Å². The number of hydrazone groups is 1. The summed E-state index contributed by atoms with van der Waals surface area (Å²) in [6.07, 6.45) is 3.47. The number of nitrogens with zero attached hydrogens (tertiary/aromatic N) is 3. The van der Waals surface area contributed by atoms with Gasteiger partial charge in [-0.25, -0.2) is 0 Å². The second-order valence-electron chi connectivity index (χ2n) is 4.65. The summed E-state index contributed by atoms with van der Waals surface area (Å²) in [5.41, 5.74) is 3.92. The summed E-state index contributed by atoms with van der Waals surface area (Å²) in [5, 5.41) is 14.3. The number of ether oxygens (including phenoxy) is 1. The highest BCUT2D eigenvalue weighted by atomic mass is 16.5. The maximum absolute atomic E-state index is 5.40. The second kappa shape index (κ2) is 6.67. The van der Waals surface area contributed by atoms with Gasteiger partial charge in [0.1, 0.15) is 5.75 Å². The highest BCUT2D eigenvalue weighted by Crippen LogP contribution is 2.19. The van der Waals surface area contributed by atoms with E-state index in [4.69, 9.17) is 4.74 Å². The van der Waals surface area contributed by atoms with E-state index < -0.39 is 0 Å². The molecule has 0 saturated carbocycles. The van der Waals surface area contributed by atoms with Gasteiger partial charge >= 0.3 is 0 Å². The van der Waals surface area contributed by atoms with Crippen LogP contribution < -0.4 is 10.2 Å². The van der Waals surface area contributed by atoms with E-state index >= 15 is 0 Å². The Bertz CT molecular complexity index is 779. The number of hydrogen-bond acceptors (Lipinski definition) is 5. The van der Waals surface area contributed by atoms with Crippen LogP contribution in [0.15, 0.2) is 59.8 Å². The number of fused-ring (bicyclic) bond motifs is 1. The smallest absolute Gasteiger partial charge is 0.176 e. The number of hydrogen-bond donors (Lipinski definition) is 1. The Morgan fingerprint density at radius 2 is 1.95 bits per heavy atom. The monoisotopic (exact) mass is 292 g/mol. The molecule has 0 amide bonds. The molecule has 3 aromatic rings. The molecular weight excluding hydrogens is 276 g/mol. The first-order chi connectivity index (χ1) is 10.9. The van der Waals surface area contributed by atoms with Gasteiger partial charge in [0, 0.05) is 10.8 Å². The van der Waals surface area contributed by atoms with Gasteiger partial charge in [-0.3, -0.25) is 5.43 Å². The van der Waals surface area contributed by atoms with Crippen molar-refractivity contribution in [2.75, 3.05) is 12.0 Å². The summed E-state index contributed by atoms with van der Waals surface area (Å²) in [6.45, 7) is 2.62. The zero-order valence-corrected chi connectivity index (χ0v) is 12.2. The molecule has 0 aliphatic heterocycles. The van der Waals surface area contributed by atoms with Crippen molar-refractivity contribution >= 4 is 22.8 Å². The van der Waals surface area contributed by atoms with Gasteiger partial charge in [-0.1, -0.05) is 24.3 Å². The van der Waals surface area contributed by atoms with Gasteiger partial charge in [-0.2, -0.15) is 10.2 Å². The van der Waals surface area contributed by atoms with E-state index in [-0.39, 0.29) is 0 Å². The van der Waals surface area contributed by atoms with E-state index in [1.807, 2.05) is 55.5 Å². The minimum atomic E-state index is 0.639. The standard InChI is InChI=1S/C17H16N4O/c1-2-22-15-9-7-13(8-10-15)11-18-20-17-16-6-4-3-5-14(16)12-19-21-17/h3-12H,2H2,1H3,(H,20,21)/b18-11+. The van der Waals surface area contributed by atoms with Crippen molar-refractivity contribution in [1.29, 1.82) is 0 Å². The van der Waals surface area contributed by atoms with Crippen molar-refractivity contribution in [3.8, 4) is 5.75 Å². The molecule has 2 aromatic carbocycles. The molecule has 0 aliphatic rings. The molecule has 0 radical (unpaired) electrons. The predicted molar refractivity (Wildman–Crippen MR) is 88.4 cm³/mol. The van der Waals surface area contributed by atoms with E-state index in [9.17, 15) is 0 Å². The van der Waals surface area contributed by atoms with Crippen LogP contribution in [-0.4, -0.2) is 23.0 Å². The molecule has 0 fully saturated rings. The fourth-order valence-electron chi connectivity index (χ4n) is 2.10. The average Bonchev–Trinajstić information content (AvgIpc) is 2.57. The zero-order chi connectivity index (χ0) is 15.2. The summed E-state index contributed by atoms with van der Waals surface area (Å²) in [4.78, 5) is 0. The highest BCUT2D eigenvalue weighted by molar-refractivity contribution is 5.91. The molecule has 22 heavy (non-hydrogen) atoms. The molecule has 0 unspecified atom stereocenters. The molecular formula is C17H16N4O. The Hall–Kier alpha value is -2.95. The Morgan fingerprint density at radius 1 is 1.14 bits per heavy atom. The number of nitrogens with one attached hydrogen (secondary N) is 1. The Kier molecular flexibility index (Phi) is 4.25. The van der Waals surface area contributed by atoms with E-state index in [1.165, 1.54) is 0 Å². The van der Waals surface area contributed by atoms with Gasteiger partial charge in [-0.05, 0) is 36.8 Å². The lowest BCUT2D eigenvalue weighted by Gasteiger charge is -2.03. The van der Waals surface area contributed by atoms with Crippen LogP contribution in [0, 0.1) is 0 Å². The van der Waals surface area contributed by atoms with Gasteiger partial charge < -0.3 is 4.74 Å². The lowest BCUT2D eigenvalue weighted by Crippen LogP contribution is -1.96. The molecule has 5 nitrogen and oxygen atoms in total. The van der Waals surface area contributed by atoms with Crippen molar-refractivity contribution in [3.63, 3.8) is 0 Å². The number of benzene rings is 2. The maximum Gasteiger partial charge on any atom is 0.176 e. The molecule has 3 rings (SSSR count). The van der Waals surface area contributed by atoms with Crippen LogP contribution in [0.1, 0.15) is 12.5 Å². The summed E-state index contributed by atoms with van der Waals surface area (Å²) in [5.74, 6) is 1.49. The average molecular weight is 292 g/mol. The lowest BCUT2D eigenvalue weighted by molar-refractivity contribution is 0.340. The summed E-state index contributed by atoms with van der Waals surface area (Å²) in [6, 6.07) is 15.6. The van der Waals surface area contributed by atoms with Crippen molar-refractivity contribution in [3.05, 3.63) is 60.3 Å². The van der Waals surface area contributed by atoms with Gasteiger partial charge in [-0.15, -0.1) is 5.10 Å². The predicted octanol–water partition coefficient (Wildman–Crippen LogP) is 3.47.